The number of carbonyl (C=O) groups excluding carboxylic acids is 2. The number of amides is 1. The van der Waals surface area contributed by atoms with Crippen LogP contribution in [-0.2, 0) is 11.2 Å². The molecule has 0 aliphatic carbocycles. The van der Waals surface area contributed by atoms with Crippen molar-refractivity contribution in [2.75, 3.05) is 5.32 Å². The van der Waals surface area contributed by atoms with E-state index in [-0.39, 0.29) is 17.8 Å². The average molecular weight is 418 g/mol. The van der Waals surface area contributed by atoms with Gasteiger partial charge in [-0.1, -0.05) is 41.7 Å². The monoisotopic (exact) mass is 418 g/mol. The molecule has 148 valence electrons. The van der Waals surface area contributed by atoms with Gasteiger partial charge in [-0.2, -0.15) is 0 Å². The lowest BCUT2D eigenvalue weighted by Crippen LogP contribution is -2.23. The maximum absolute atomic E-state index is 13.4. The van der Waals surface area contributed by atoms with Gasteiger partial charge in [0, 0.05) is 12.0 Å². The number of nitrogens with one attached hydrogen (secondary N) is 1. The Labute approximate surface area is 175 Å². The number of carbonyl (C=O) groups is 2. The van der Waals surface area contributed by atoms with Crippen LogP contribution in [0.1, 0.15) is 37.9 Å². The second-order valence-electron chi connectivity index (χ2n) is 6.97. The maximum atomic E-state index is 13.4. The number of rotatable bonds is 3. The molecule has 1 aliphatic heterocycles. The number of aromatic nitrogens is 1. The molecule has 0 radical (unpaired) electrons. The summed E-state index contributed by atoms with van der Waals surface area (Å²) >= 11 is 1.20. The highest BCUT2D eigenvalue weighted by Crippen LogP contribution is 2.31. The number of ether oxygens (including phenoxy) is 1. The Morgan fingerprint density at radius 3 is 2.77 bits per heavy atom. The van der Waals surface area contributed by atoms with Crippen molar-refractivity contribution in [1.29, 1.82) is 0 Å². The summed E-state index contributed by atoms with van der Waals surface area (Å²) in [5.74, 6) is -1.09. The second kappa shape index (κ2) is 7.35. The molecule has 3 aromatic carbocycles. The maximum Gasteiger partial charge on any atom is 0.339 e. The Morgan fingerprint density at radius 1 is 1.10 bits per heavy atom. The van der Waals surface area contributed by atoms with Crippen LogP contribution in [0.15, 0.2) is 66.7 Å². The number of fused-ring (bicyclic) bond motifs is 2. The summed E-state index contributed by atoms with van der Waals surface area (Å²) in [5, 5.41) is 3.15. The Morgan fingerprint density at radius 2 is 1.93 bits per heavy atom. The van der Waals surface area contributed by atoms with Gasteiger partial charge in [-0.15, -0.1) is 0 Å². The molecular weight excluding hydrogens is 403 g/mol. The molecule has 0 saturated heterocycles. The Kier molecular flexibility index (Phi) is 4.52. The number of anilines is 1. The van der Waals surface area contributed by atoms with Crippen LogP contribution in [0.3, 0.4) is 0 Å². The molecule has 1 aromatic heterocycles. The summed E-state index contributed by atoms with van der Waals surface area (Å²) < 4.78 is 19.6. The second-order valence-corrected chi connectivity index (χ2v) is 8.00. The number of hydrogen-bond donors (Lipinski definition) is 1. The van der Waals surface area contributed by atoms with Gasteiger partial charge in [-0.3, -0.25) is 10.1 Å². The quantitative estimate of drug-likeness (QED) is 0.468. The third-order valence-corrected chi connectivity index (χ3v) is 5.92. The van der Waals surface area contributed by atoms with E-state index >= 15 is 0 Å². The van der Waals surface area contributed by atoms with Crippen LogP contribution < -0.4 is 5.32 Å². The molecule has 0 saturated carbocycles. The molecule has 1 N–H and O–H groups in total. The molecule has 0 fully saturated rings. The number of thiazole rings is 1. The van der Waals surface area contributed by atoms with Crippen molar-refractivity contribution in [2.45, 2.75) is 12.5 Å². The van der Waals surface area contributed by atoms with Crippen LogP contribution in [0, 0.1) is 5.82 Å². The SMILES string of the molecule is O=C(Nc1nc2ccc(F)cc2s1)c1ccc2c(c1)C[C@H](c1ccccc1)OC2=O. The lowest BCUT2D eigenvalue weighted by atomic mass is 9.93. The minimum atomic E-state index is -0.398. The lowest BCUT2D eigenvalue weighted by molar-refractivity contribution is 0.0252. The molecule has 7 heteroatoms. The van der Waals surface area contributed by atoms with Crippen molar-refractivity contribution in [3.63, 3.8) is 0 Å². The van der Waals surface area contributed by atoms with E-state index in [1.807, 2.05) is 30.3 Å². The van der Waals surface area contributed by atoms with Crippen molar-refractivity contribution in [2.24, 2.45) is 0 Å². The summed E-state index contributed by atoms with van der Waals surface area (Å²) in [6.07, 6.45) is 0.107. The lowest BCUT2D eigenvalue weighted by Gasteiger charge is -2.25. The van der Waals surface area contributed by atoms with E-state index < -0.39 is 5.97 Å². The molecule has 30 heavy (non-hydrogen) atoms. The van der Waals surface area contributed by atoms with Crippen molar-refractivity contribution < 1.29 is 18.7 Å². The smallest absolute Gasteiger partial charge is 0.339 e. The van der Waals surface area contributed by atoms with Crippen LogP contribution in [0.4, 0.5) is 9.52 Å². The molecule has 4 aromatic rings. The zero-order valence-corrected chi connectivity index (χ0v) is 16.4. The summed E-state index contributed by atoms with van der Waals surface area (Å²) in [7, 11) is 0. The van der Waals surface area contributed by atoms with Gasteiger partial charge in [-0.25, -0.2) is 14.2 Å². The Balaban J connectivity index is 1.40. The highest BCUT2D eigenvalue weighted by Gasteiger charge is 2.28. The molecule has 1 aliphatic rings. The fourth-order valence-corrected chi connectivity index (χ4v) is 4.40. The van der Waals surface area contributed by atoms with Crippen molar-refractivity contribution in [3.8, 4) is 0 Å². The van der Waals surface area contributed by atoms with Gasteiger partial charge in [0.1, 0.15) is 11.9 Å². The van der Waals surface area contributed by atoms with E-state index in [9.17, 15) is 14.0 Å². The van der Waals surface area contributed by atoms with Crippen molar-refractivity contribution in [3.05, 3.63) is 94.8 Å². The van der Waals surface area contributed by atoms with E-state index in [0.29, 0.717) is 32.9 Å². The van der Waals surface area contributed by atoms with Gasteiger partial charge in [0.05, 0.1) is 15.8 Å². The number of nitrogens with zero attached hydrogens (tertiary/aromatic N) is 1. The molecule has 0 bridgehead atoms. The zero-order valence-electron chi connectivity index (χ0n) is 15.6. The summed E-state index contributed by atoms with van der Waals surface area (Å²) in [4.78, 5) is 29.5. The van der Waals surface area contributed by atoms with E-state index in [2.05, 4.69) is 10.3 Å². The number of benzene rings is 3. The van der Waals surface area contributed by atoms with Gasteiger partial charge < -0.3 is 4.74 Å². The Hall–Kier alpha value is -3.58. The topological polar surface area (TPSA) is 68.3 Å². The van der Waals surface area contributed by atoms with E-state index in [4.69, 9.17) is 4.74 Å². The fraction of sp³-hybridized carbons (Fsp3) is 0.0870. The van der Waals surface area contributed by atoms with Crippen LogP contribution in [-0.4, -0.2) is 16.9 Å². The highest BCUT2D eigenvalue weighted by molar-refractivity contribution is 7.22. The first-order valence-electron chi connectivity index (χ1n) is 9.33. The third kappa shape index (κ3) is 3.44. The van der Waals surface area contributed by atoms with Crippen LogP contribution >= 0.6 is 11.3 Å². The third-order valence-electron chi connectivity index (χ3n) is 4.98. The van der Waals surface area contributed by atoms with Gasteiger partial charge >= 0.3 is 5.97 Å². The molecule has 0 spiro atoms. The first-order valence-corrected chi connectivity index (χ1v) is 10.1. The zero-order chi connectivity index (χ0) is 20.7. The predicted molar refractivity (Wildman–Crippen MR) is 112 cm³/mol. The van der Waals surface area contributed by atoms with Gasteiger partial charge in [0.2, 0.25) is 0 Å². The molecule has 5 nitrogen and oxygen atoms in total. The average Bonchev–Trinajstić information content (AvgIpc) is 3.15. The standard InChI is InChI=1S/C23H15FN2O3S/c24-16-7-9-18-20(12-16)30-23(25-18)26-21(27)14-6-8-17-15(10-14)11-19(29-22(17)28)13-4-2-1-3-5-13/h1-10,12,19H,11H2,(H,25,26,27)/t19-/m1/s1. The van der Waals surface area contributed by atoms with Gasteiger partial charge in [0.15, 0.2) is 5.13 Å². The Bertz CT molecular complexity index is 1290. The molecule has 0 unspecified atom stereocenters. The first-order chi connectivity index (χ1) is 14.6. The normalized spacial score (nSPS) is 15.5. The molecule has 2 heterocycles. The summed E-state index contributed by atoms with van der Waals surface area (Å²) in [6, 6.07) is 18.7. The molecular formula is C23H15FN2O3S. The number of halogens is 1. The number of cyclic esters (lactones) is 1. The van der Waals surface area contributed by atoms with E-state index in [1.54, 1.807) is 24.3 Å². The highest BCUT2D eigenvalue weighted by atomic mass is 32.1. The van der Waals surface area contributed by atoms with Gasteiger partial charge in [-0.05, 0) is 47.5 Å². The number of hydrogen-bond acceptors (Lipinski definition) is 5. The first kappa shape index (κ1) is 18.4. The van der Waals surface area contributed by atoms with E-state index in [1.165, 1.54) is 23.5 Å². The summed E-state index contributed by atoms with van der Waals surface area (Å²) in [6.45, 7) is 0. The summed E-state index contributed by atoms with van der Waals surface area (Å²) in [5.41, 5.74) is 3.18. The van der Waals surface area contributed by atoms with Crippen LogP contribution in [0.2, 0.25) is 0 Å². The van der Waals surface area contributed by atoms with Crippen molar-refractivity contribution >= 4 is 38.6 Å². The molecule has 1 atom stereocenters. The largest absolute Gasteiger partial charge is 0.454 e. The molecule has 1 amide bonds. The minimum Gasteiger partial charge on any atom is -0.454 e. The molecule has 5 rings (SSSR count). The van der Waals surface area contributed by atoms with Crippen LogP contribution in [0.5, 0.6) is 0 Å². The fourth-order valence-electron chi connectivity index (χ4n) is 3.51. The number of esters is 1. The van der Waals surface area contributed by atoms with Crippen molar-refractivity contribution in [1.82, 2.24) is 4.98 Å². The minimum absolute atomic E-state index is 0.340. The van der Waals surface area contributed by atoms with Gasteiger partial charge in [0.25, 0.3) is 5.91 Å². The van der Waals surface area contributed by atoms with Crippen LogP contribution in [0.25, 0.3) is 10.2 Å². The van der Waals surface area contributed by atoms with E-state index in [0.717, 1.165) is 11.1 Å². The predicted octanol–water partition coefficient (Wildman–Crippen LogP) is 5.14.